The fourth-order valence-electron chi connectivity index (χ4n) is 5.88. The Morgan fingerprint density at radius 1 is 0.382 bits per heavy atom. The molecule has 158 valence electrons. The standard InChI is InChI=1S/C32H20N2/c1-2-11-22(12-3-1)34-29-17-9-8-15-25(29)28-19-18-27-24-14-6-7-16-26(24)30-23-13-5-4-10-21(23)20-33(30)31(27)32(28)34/h1-20H. The van der Waals surface area contributed by atoms with Crippen LogP contribution in [0.5, 0.6) is 0 Å². The van der Waals surface area contributed by atoms with E-state index in [-0.39, 0.29) is 0 Å². The molecule has 0 amide bonds. The number of para-hydroxylation sites is 2. The summed E-state index contributed by atoms with van der Waals surface area (Å²) in [6.45, 7) is 0. The van der Waals surface area contributed by atoms with Gasteiger partial charge in [0.2, 0.25) is 0 Å². The van der Waals surface area contributed by atoms with Crippen molar-refractivity contribution < 1.29 is 0 Å². The van der Waals surface area contributed by atoms with E-state index in [0.717, 1.165) is 0 Å². The number of pyridine rings is 1. The van der Waals surface area contributed by atoms with Gasteiger partial charge in [-0.15, -0.1) is 0 Å². The van der Waals surface area contributed by atoms with E-state index in [1.165, 1.54) is 65.5 Å². The van der Waals surface area contributed by atoms with Gasteiger partial charge in [-0.25, -0.2) is 0 Å². The summed E-state index contributed by atoms with van der Waals surface area (Å²) in [5, 5.41) is 8.97. The van der Waals surface area contributed by atoms with Crippen molar-refractivity contribution in [3.8, 4) is 5.69 Å². The fraction of sp³-hybridized carbons (Fsp3) is 0. The second kappa shape index (κ2) is 6.49. The first kappa shape index (κ1) is 17.9. The maximum atomic E-state index is 2.44. The molecule has 0 atom stereocenters. The predicted molar refractivity (Wildman–Crippen MR) is 144 cm³/mol. The second-order valence-corrected chi connectivity index (χ2v) is 9.03. The van der Waals surface area contributed by atoms with E-state index in [1.54, 1.807) is 0 Å². The van der Waals surface area contributed by atoms with Gasteiger partial charge in [0, 0.05) is 44.2 Å². The number of aromatic nitrogens is 2. The molecule has 0 spiro atoms. The van der Waals surface area contributed by atoms with Gasteiger partial charge in [-0.3, -0.25) is 0 Å². The maximum Gasteiger partial charge on any atom is 0.0788 e. The monoisotopic (exact) mass is 432 g/mol. The van der Waals surface area contributed by atoms with E-state index in [0.29, 0.717) is 0 Å². The molecule has 0 fully saturated rings. The Hall–Kier alpha value is -4.56. The van der Waals surface area contributed by atoms with E-state index in [4.69, 9.17) is 0 Å². The van der Waals surface area contributed by atoms with Gasteiger partial charge in [0.25, 0.3) is 0 Å². The molecule has 0 aliphatic heterocycles. The van der Waals surface area contributed by atoms with Crippen LogP contribution in [0.2, 0.25) is 0 Å². The summed E-state index contributed by atoms with van der Waals surface area (Å²) in [5.41, 5.74) is 6.19. The summed E-state index contributed by atoms with van der Waals surface area (Å²) >= 11 is 0. The minimum Gasteiger partial charge on any atom is -0.313 e. The number of hydrogen-bond donors (Lipinski definition) is 0. The highest BCUT2D eigenvalue weighted by atomic mass is 15.0. The van der Waals surface area contributed by atoms with Crippen LogP contribution in [-0.2, 0) is 0 Å². The maximum absolute atomic E-state index is 2.44. The van der Waals surface area contributed by atoms with Crippen molar-refractivity contribution in [3.05, 3.63) is 121 Å². The van der Waals surface area contributed by atoms with Crippen LogP contribution in [0, 0.1) is 0 Å². The predicted octanol–water partition coefficient (Wildman–Crippen LogP) is 8.50. The molecule has 2 nitrogen and oxygen atoms in total. The van der Waals surface area contributed by atoms with Crippen LogP contribution >= 0.6 is 0 Å². The van der Waals surface area contributed by atoms with Gasteiger partial charge in [0.05, 0.1) is 22.1 Å². The van der Waals surface area contributed by atoms with Crippen molar-refractivity contribution in [2.45, 2.75) is 0 Å². The van der Waals surface area contributed by atoms with Crippen molar-refractivity contribution in [1.29, 1.82) is 0 Å². The summed E-state index contributed by atoms with van der Waals surface area (Å²) in [4.78, 5) is 0. The van der Waals surface area contributed by atoms with Crippen LogP contribution in [0.25, 0.3) is 65.5 Å². The van der Waals surface area contributed by atoms with Crippen LogP contribution in [-0.4, -0.2) is 8.97 Å². The van der Waals surface area contributed by atoms with Crippen LogP contribution in [0.4, 0.5) is 0 Å². The van der Waals surface area contributed by atoms with Crippen molar-refractivity contribution in [3.63, 3.8) is 0 Å². The van der Waals surface area contributed by atoms with Crippen molar-refractivity contribution >= 4 is 59.8 Å². The molecule has 3 aromatic heterocycles. The molecule has 0 radical (unpaired) electrons. The van der Waals surface area contributed by atoms with Crippen molar-refractivity contribution in [2.75, 3.05) is 0 Å². The summed E-state index contributed by atoms with van der Waals surface area (Å²) in [5.74, 6) is 0. The Bertz CT molecular complexity index is 2060. The lowest BCUT2D eigenvalue weighted by Crippen LogP contribution is -1.97. The zero-order chi connectivity index (χ0) is 22.2. The van der Waals surface area contributed by atoms with Crippen LogP contribution in [0.3, 0.4) is 0 Å². The van der Waals surface area contributed by atoms with E-state index >= 15 is 0 Å². The van der Waals surface area contributed by atoms with E-state index < -0.39 is 0 Å². The first-order chi connectivity index (χ1) is 16.9. The average molecular weight is 433 g/mol. The van der Waals surface area contributed by atoms with Gasteiger partial charge in [-0.2, -0.15) is 0 Å². The number of fused-ring (bicyclic) bond motifs is 12. The van der Waals surface area contributed by atoms with Gasteiger partial charge < -0.3 is 8.97 Å². The summed E-state index contributed by atoms with van der Waals surface area (Å²) in [6, 6.07) is 41.7. The molecular formula is C32H20N2. The smallest absolute Gasteiger partial charge is 0.0788 e. The van der Waals surface area contributed by atoms with E-state index in [1.807, 2.05) is 0 Å². The Morgan fingerprint density at radius 3 is 1.79 bits per heavy atom. The lowest BCUT2D eigenvalue weighted by atomic mass is 10.0. The van der Waals surface area contributed by atoms with Crippen LogP contribution in [0.15, 0.2) is 121 Å². The third-order valence-corrected chi connectivity index (χ3v) is 7.26. The Morgan fingerprint density at radius 2 is 0.971 bits per heavy atom. The zero-order valence-corrected chi connectivity index (χ0v) is 18.4. The van der Waals surface area contributed by atoms with Crippen molar-refractivity contribution in [1.82, 2.24) is 8.97 Å². The molecule has 0 unspecified atom stereocenters. The third-order valence-electron chi connectivity index (χ3n) is 7.26. The lowest BCUT2D eigenvalue weighted by molar-refractivity contribution is 1.17. The summed E-state index contributed by atoms with van der Waals surface area (Å²) < 4.78 is 4.87. The highest BCUT2D eigenvalue weighted by molar-refractivity contribution is 6.26. The number of hydrogen-bond acceptors (Lipinski definition) is 0. The molecule has 0 N–H and O–H groups in total. The molecular weight excluding hydrogens is 412 g/mol. The number of nitrogens with zero attached hydrogens (tertiary/aromatic N) is 2. The molecule has 3 heterocycles. The Kier molecular flexibility index (Phi) is 3.42. The first-order valence-corrected chi connectivity index (χ1v) is 11.7. The van der Waals surface area contributed by atoms with Gasteiger partial charge >= 0.3 is 0 Å². The topological polar surface area (TPSA) is 9.34 Å². The molecule has 0 saturated heterocycles. The van der Waals surface area contributed by atoms with Crippen LogP contribution in [0.1, 0.15) is 0 Å². The minimum atomic E-state index is 1.18. The molecule has 34 heavy (non-hydrogen) atoms. The summed E-state index contributed by atoms with van der Waals surface area (Å²) in [6.07, 6.45) is 2.31. The number of rotatable bonds is 1. The quantitative estimate of drug-likeness (QED) is 0.230. The van der Waals surface area contributed by atoms with E-state index in [9.17, 15) is 0 Å². The SMILES string of the molecule is c1ccc(-n2c3ccccc3c3ccc4c5ccccc5c5c6ccccc6cn5c4c32)cc1. The minimum absolute atomic E-state index is 1.18. The fourth-order valence-corrected chi connectivity index (χ4v) is 5.88. The largest absolute Gasteiger partial charge is 0.313 e. The molecule has 5 aromatic carbocycles. The first-order valence-electron chi connectivity index (χ1n) is 11.7. The van der Waals surface area contributed by atoms with Gasteiger partial charge in [0.1, 0.15) is 0 Å². The molecule has 8 rings (SSSR count). The summed E-state index contributed by atoms with van der Waals surface area (Å²) in [7, 11) is 0. The average Bonchev–Trinajstić information content (AvgIpc) is 3.45. The zero-order valence-electron chi connectivity index (χ0n) is 18.4. The molecule has 8 aromatic rings. The Labute approximate surface area is 195 Å². The van der Waals surface area contributed by atoms with Gasteiger partial charge in [-0.05, 0) is 23.6 Å². The van der Waals surface area contributed by atoms with Crippen LogP contribution < -0.4 is 0 Å². The molecule has 0 bridgehead atoms. The Balaban J connectivity index is 1.76. The molecule has 0 saturated carbocycles. The van der Waals surface area contributed by atoms with E-state index in [2.05, 4.69) is 130 Å². The van der Waals surface area contributed by atoms with Crippen molar-refractivity contribution in [2.24, 2.45) is 0 Å². The lowest BCUT2D eigenvalue weighted by Gasteiger charge is -2.14. The second-order valence-electron chi connectivity index (χ2n) is 9.03. The molecule has 0 aliphatic carbocycles. The highest BCUT2D eigenvalue weighted by Gasteiger charge is 2.19. The molecule has 2 heteroatoms. The van der Waals surface area contributed by atoms with Gasteiger partial charge in [0.15, 0.2) is 0 Å². The number of benzene rings is 5. The third kappa shape index (κ3) is 2.20. The molecule has 0 aliphatic rings. The normalized spacial score (nSPS) is 12.1. The van der Waals surface area contributed by atoms with Gasteiger partial charge in [-0.1, -0.05) is 97.1 Å². The highest BCUT2D eigenvalue weighted by Crippen LogP contribution is 2.41.